The van der Waals surface area contributed by atoms with Crippen LogP contribution in [0.5, 0.6) is 17.2 Å². The lowest BCUT2D eigenvalue weighted by molar-refractivity contribution is -0.152. The van der Waals surface area contributed by atoms with Gasteiger partial charge < -0.3 is 51.5 Å². The summed E-state index contributed by atoms with van der Waals surface area (Å²) in [5.74, 6) is 0.460. The van der Waals surface area contributed by atoms with Crippen LogP contribution in [-0.4, -0.2) is 89.9 Å². The SMILES string of the molecule is CC(C)(C)OC(=O)NCCN.CC(C)(Oc1ccc(Cl)cc1)C(=O)NCCN.CC(C)(Oc1ccc(Cl)cc1)C(=O)O.CC/C=C\C/C=C\C/C=C\C/C=C\C/C=C\C/C=C\CCC(=O)CCCNC(=O)C(C)(C)Oc1ccc(Cl)cc1. The molecular formula is C64H92Cl3N5O10. The molecule has 0 aliphatic rings. The lowest BCUT2D eigenvalue weighted by atomic mass is 10.1. The Kier molecular flexibility index (Phi) is 40.0. The number of carbonyl (C=O) groups is 5. The zero-order chi connectivity index (χ0) is 61.9. The zero-order valence-corrected chi connectivity index (χ0v) is 52.1. The third kappa shape index (κ3) is 40.8. The van der Waals surface area contributed by atoms with Crippen molar-refractivity contribution in [2.45, 2.75) is 156 Å². The van der Waals surface area contributed by atoms with Crippen molar-refractivity contribution >= 4 is 64.5 Å². The van der Waals surface area contributed by atoms with Crippen molar-refractivity contribution in [2.75, 3.05) is 32.7 Å². The molecule has 15 nitrogen and oxygen atoms in total. The number of ketones is 1. The summed E-state index contributed by atoms with van der Waals surface area (Å²) >= 11 is 17.3. The van der Waals surface area contributed by atoms with Gasteiger partial charge in [0.25, 0.3) is 11.8 Å². The molecule has 0 heterocycles. The van der Waals surface area contributed by atoms with Crippen LogP contribution in [0.3, 0.4) is 0 Å². The molecule has 0 fully saturated rings. The van der Waals surface area contributed by atoms with Crippen molar-refractivity contribution in [1.82, 2.24) is 16.0 Å². The molecule has 8 N–H and O–H groups in total. The van der Waals surface area contributed by atoms with Gasteiger partial charge in [-0.05, 0) is 186 Å². The quantitative estimate of drug-likeness (QED) is 0.0261. The van der Waals surface area contributed by atoms with E-state index in [1.54, 1.807) is 100 Å². The third-order valence-electron chi connectivity index (χ3n) is 10.5. The van der Waals surface area contributed by atoms with Crippen molar-refractivity contribution < 1.29 is 48.0 Å². The topological polar surface area (TPSA) is 231 Å². The van der Waals surface area contributed by atoms with Crippen molar-refractivity contribution in [3.63, 3.8) is 0 Å². The number of benzene rings is 3. The molecule has 0 aromatic heterocycles. The Morgan fingerprint density at radius 1 is 0.476 bits per heavy atom. The van der Waals surface area contributed by atoms with Gasteiger partial charge in [-0.2, -0.15) is 0 Å². The average Bonchev–Trinajstić information content (AvgIpc) is 3.41. The lowest BCUT2D eigenvalue weighted by Gasteiger charge is -2.25. The molecule has 0 aliphatic carbocycles. The standard InChI is InChI=1S/C35H48ClNO3.C12H17ClN2O2.C10H11ClO3.C7H16N2O2/c1-4-5-6-7-8-9-10-11-12-13-14-15-16-17-18-19-20-21-22-24-32(38)25-23-30-37-34(39)35(2,3)40-33-28-26-31(36)27-29-33;1-12(2,11(16)15-8-7-14)17-10-5-3-9(13)4-6-10;1-10(2,9(12)13)14-8-5-3-7(11)4-6-8;1-7(2,3)11-6(10)9-5-4-8/h5-6,8-9,11-12,14-15,17-18,20-21,26-29H,4,7,10,13,16,19,22-25,30H2,1-3H3,(H,37,39);3-6H,7-8,14H2,1-2H3,(H,15,16);3-6H,1-2H3,(H,12,13);4-5,8H2,1-3H3,(H,9,10)/b6-5-,9-8-,12-11-,15-14-,18-17-,21-20-;;;. The summed E-state index contributed by atoms with van der Waals surface area (Å²) in [4.78, 5) is 57.9. The van der Waals surface area contributed by atoms with Gasteiger partial charge in [0.1, 0.15) is 28.6 Å². The highest BCUT2D eigenvalue weighted by atomic mass is 35.5. The van der Waals surface area contributed by atoms with Crippen LogP contribution in [0, 0.1) is 0 Å². The van der Waals surface area contributed by atoms with Crippen molar-refractivity contribution in [1.29, 1.82) is 0 Å². The number of nitrogens with one attached hydrogen (secondary N) is 3. The summed E-state index contributed by atoms with van der Waals surface area (Å²) in [7, 11) is 0. The number of nitrogens with two attached hydrogens (primary N) is 2. The third-order valence-corrected chi connectivity index (χ3v) is 11.3. The fourth-order valence-electron chi connectivity index (χ4n) is 6.12. The molecule has 0 spiro atoms. The zero-order valence-electron chi connectivity index (χ0n) is 49.9. The summed E-state index contributed by atoms with van der Waals surface area (Å²) in [6.07, 6.45) is 33.9. The monoisotopic (exact) mass is 1200 g/mol. The number of rotatable bonds is 31. The van der Waals surface area contributed by atoms with Crippen LogP contribution in [0.1, 0.15) is 133 Å². The van der Waals surface area contributed by atoms with E-state index in [0.717, 1.165) is 44.9 Å². The van der Waals surface area contributed by atoms with Gasteiger partial charge in [0.05, 0.1) is 0 Å². The second kappa shape index (κ2) is 43.3. The van der Waals surface area contributed by atoms with Gasteiger partial charge in [-0.15, -0.1) is 0 Å². The number of alkyl carbamates (subject to hydrolysis) is 1. The highest BCUT2D eigenvalue weighted by molar-refractivity contribution is 6.31. The van der Waals surface area contributed by atoms with Crippen LogP contribution in [0.15, 0.2) is 146 Å². The maximum atomic E-state index is 12.5. The first-order valence-corrected chi connectivity index (χ1v) is 28.7. The maximum Gasteiger partial charge on any atom is 0.407 e. The molecule has 3 aromatic rings. The highest BCUT2D eigenvalue weighted by Crippen LogP contribution is 2.23. The minimum atomic E-state index is -1.23. The normalized spacial score (nSPS) is 11.8. The number of carboxylic acids is 1. The Hall–Kier alpha value is -6.36. The summed E-state index contributed by atoms with van der Waals surface area (Å²) in [6.45, 7) is 19.6. The smallest absolute Gasteiger partial charge is 0.407 e. The molecule has 0 saturated carbocycles. The van der Waals surface area contributed by atoms with Gasteiger partial charge in [0, 0.05) is 60.6 Å². The molecule has 454 valence electrons. The number of allylic oxidation sites excluding steroid dienone is 12. The van der Waals surface area contributed by atoms with Crippen molar-refractivity contribution in [3.05, 3.63) is 161 Å². The van der Waals surface area contributed by atoms with E-state index in [1.165, 1.54) is 13.8 Å². The first kappa shape index (κ1) is 75.6. The molecule has 0 bridgehead atoms. The molecule has 0 unspecified atom stereocenters. The van der Waals surface area contributed by atoms with E-state index in [9.17, 15) is 24.0 Å². The number of ether oxygens (including phenoxy) is 4. The van der Waals surface area contributed by atoms with Crippen molar-refractivity contribution in [2.24, 2.45) is 11.5 Å². The van der Waals surface area contributed by atoms with Crippen LogP contribution in [0.25, 0.3) is 0 Å². The van der Waals surface area contributed by atoms with Crippen LogP contribution >= 0.6 is 34.8 Å². The number of aliphatic carboxylic acids is 1. The van der Waals surface area contributed by atoms with Crippen LogP contribution in [0.4, 0.5) is 4.79 Å². The van der Waals surface area contributed by atoms with E-state index >= 15 is 0 Å². The Balaban J connectivity index is 0.00000126. The Morgan fingerprint density at radius 3 is 1.15 bits per heavy atom. The number of halogens is 3. The van der Waals surface area contributed by atoms with Crippen LogP contribution in [-0.2, 0) is 23.9 Å². The summed E-state index contributed by atoms with van der Waals surface area (Å²) in [5, 5.41) is 18.7. The van der Waals surface area contributed by atoms with E-state index in [2.05, 4.69) is 95.8 Å². The Bertz CT molecular complexity index is 2460. The number of hydrogen-bond acceptors (Lipinski definition) is 11. The summed E-state index contributed by atoms with van der Waals surface area (Å²) in [5.41, 5.74) is 6.87. The van der Waals surface area contributed by atoms with Gasteiger partial charge in [-0.1, -0.05) is 115 Å². The average molecular weight is 1200 g/mol. The maximum absolute atomic E-state index is 12.5. The van der Waals surface area contributed by atoms with Gasteiger partial charge in [-0.25, -0.2) is 9.59 Å². The summed E-state index contributed by atoms with van der Waals surface area (Å²) < 4.78 is 21.6. The minimum Gasteiger partial charge on any atom is -0.478 e. The predicted molar refractivity (Wildman–Crippen MR) is 336 cm³/mol. The molecule has 0 saturated heterocycles. The van der Waals surface area contributed by atoms with E-state index in [1.807, 2.05) is 20.8 Å². The van der Waals surface area contributed by atoms with Crippen LogP contribution < -0.4 is 41.6 Å². The first-order chi connectivity index (χ1) is 38.7. The lowest BCUT2D eigenvalue weighted by Crippen LogP contribution is -2.47. The van der Waals surface area contributed by atoms with E-state index < -0.39 is 34.5 Å². The van der Waals surface area contributed by atoms with Gasteiger partial charge >= 0.3 is 12.1 Å². The molecule has 18 heteroatoms. The summed E-state index contributed by atoms with van der Waals surface area (Å²) in [6, 6.07) is 20.3. The van der Waals surface area contributed by atoms with E-state index in [0.29, 0.717) is 84.3 Å². The number of amides is 3. The number of carboxylic acid groups (broad SMARTS) is 1. The predicted octanol–water partition coefficient (Wildman–Crippen LogP) is 14.1. The van der Waals surface area contributed by atoms with Gasteiger partial charge in [0.2, 0.25) is 0 Å². The largest absolute Gasteiger partial charge is 0.478 e. The molecule has 3 aromatic carbocycles. The number of carbonyl (C=O) groups excluding carboxylic acids is 4. The van der Waals surface area contributed by atoms with Gasteiger partial charge in [-0.3, -0.25) is 14.4 Å². The minimum absolute atomic E-state index is 0.196. The number of hydrogen-bond donors (Lipinski definition) is 6. The first-order valence-electron chi connectivity index (χ1n) is 27.6. The fourth-order valence-corrected chi connectivity index (χ4v) is 6.50. The second-order valence-electron chi connectivity index (χ2n) is 20.6. The van der Waals surface area contributed by atoms with Crippen LogP contribution in [0.2, 0.25) is 15.1 Å². The fraction of sp³-hybridized carbons (Fsp3) is 0.453. The Labute approximate surface area is 504 Å². The Morgan fingerprint density at radius 2 is 0.805 bits per heavy atom. The molecule has 0 aliphatic heterocycles. The van der Waals surface area contributed by atoms with E-state index in [-0.39, 0.29) is 17.6 Å². The molecule has 3 rings (SSSR count). The molecule has 0 radical (unpaired) electrons. The number of Topliss-reactive ketones (excluding diaryl/α,β-unsaturated/α-hetero) is 1. The molecular weight excluding hydrogens is 1110 g/mol. The van der Waals surface area contributed by atoms with Crippen molar-refractivity contribution in [3.8, 4) is 17.2 Å². The molecule has 82 heavy (non-hydrogen) atoms. The second-order valence-corrected chi connectivity index (χ2v) is 21.9. The van der Waals surface area contributed by atoms with Gasteiger partial charge in [0.15, 0.2) is 16.8 Å². The highest BCUT2D eigenvalue weighted by Gasteiger charge is 2.31. The molecule has 0 atom stereocenters. The molecule has 3 amide bonds. The van der Waals surface area contributed by atoms with E-state index in [4.69, 9.17) is 70.3 Å².